The first-order chi connectivity index (χ1) is 9.72. The number of carbonyl (C=O) groups excluding carboxylic acids is 1. The topological polar surface area (TPSA) is 108 Å². The Morgan fingerprint density at radius 2 is 2.24 bits per heavy atom. The molecule has 1 unspecified atom stereocenters. The number of hydrogen-bond donors (Lipinski definition) is 1. The van der Waals surface area contributed by atoms with E-state index in [0.29, 0.717) is 12.2 Å². The number of rotatable bonds is 4. The van der Waals surface area contributed by atoms with E-state index in [1.165, 1.54) is 17.4 Å². The summed E-state index contributed by atoms with van der Waals surface area (Å²) in [5.74, 6) is -0.677. The number of sulfonamides is 1. The first kappa shape index (κ1) is 15.9. The number of aryl methyl sites for hydroxylation is 1. The van der Waals surface area contributed by atoms with Crippen LogP contribution in [0.3, 0.4) is 0 Å². The van der Waals surface area contributed by atoms with Gasteiger partial charge in [0.25, 0.3) is 5.91 Å². The summed E-state index contributed by atoms with van der Waals surface area (Å²) in [5.41, 5.74) is 4.57. The van der Waals surface area contributed by atoms with Gasteiger partial charge in [0.15, 0.2) is 5.60 Å². The fourth-order valence-electron chi connectivity index (χ4n) is 2.33. The standard InChI is InChI=1S/C12H20N4O4S/c1-4-16-9(2)10(7-14-16)21(18,19)15-5-6-20-12(3,8-15)11(13)17/h7H,4-6,8H2,1-3H3,(H2,13,17). The van der Waals surface area contributed by atoms with Gasteiger partial charge in [-0.3, -0.25) is 9.48 Å². The van der Waals surface area contributed by atoms with E-state index in [4.69, 9.17) is 10.5 Å². The number of nitrogens with zero attached hydrogens (tertiary/aromatic N) is 3. The quantitative estimate of drug-likeness (QED) is 0.804. The number of carbonyl (C=O) groups is 1. The van der Waals surface area contributed by atoms with Crippen molar-refractivity contribution in [2.75, 3.05) is 19.7 Å². The Labute approximate surface area is 123 Å². The Bertz CT molecular complexity index is 654. The maximum atomic E-state index is 12.7. The molecule has 1 aromatic rings. The van der Waals surface area contributed by atoms with Crippen LogP contribution >= 0.6 is 0 Å². The van der Waals surface area contributed by atoms with E-state index in [-0.39, 0.29) is 24.6 Å². The molecule has 1 atom stereocenters. The number of morpholine rings is 1. The Morgan fingerprint density at radius 3 is 2.76 bits per heavy atom. The minimum Gasteiger partial charge on any atom is -0.367 e. The van der Waals surface area contributed by atoms with Gasteiger partial charge in [0.1, 0.15) is 4.90 Å². The first-order valence-corrected chi connectivity index (χ1v) is 8.13. The molecule has 21 heavy (non-hydrogen) atoms. The van der Waals surface area contributed by atoms with Crippen molar-refractivity contribution in [2.45, 2.75) is 37.8 Å². The summed E-state index contributed by atoms with van der Waals surface area (Å²) in [7, 11) is -3.72. The normalized spacial score (nSPS) is 24.1. The molecule has 9 heteroatoms. The highest BCUT2D eigenvalue weighted by molar-refractivity contribution is 7.89. The molecule has 0 spiro atoms. The molecule has 0 bridgehead atoms. The molecule has 1 saturated heterocycles. The Hall–Kier alpha value is -1.45. The van der Waals surface area contributed by atoms with E-state index in [1.807, 2.05) is 6.92 Å². The third kappa shape index (κ3) is 2.68. The average molecular weight is 316 g/mol. The molecule has 2 N–H and O–H groups in total. The molecule has 1 amide bonds. The van der Waals surface area contributed by atoms with E-state index < -0.39 is 21.5 Å². The number of nitrogens with two attached hydrogens (primary N) is 1. The number of primary amides is 1. The van der Waals surface area contributed by atoms with Crippen LogP contribution in [0.2, 0.25) is 0 Å². The van der Waals surface area contributed by atoms with Crippen molar-refractivity contribution in [3.63, 3.8) is 0 Å². The van der Waals surface area contributed by atoms with Crippen molar-refractivity contribution in [2.24, 2.45) is 5.73 Å². The lowest BCUT2D eigenvalue weighted by molar-refractivity contribution is -0.148. The van der Waals surface area contributed by atoms with Gasteiger partial charge in [-0.25, -0.2) is 8.42 Å². The van der Waals surface area contributed by atoms with E-state index in [0.717, 1.165) is 0 Å². The SMILES string of the molecule is CCn1ncc(S(=O)(=O)N2CCOC(C)(C(N)=O)C2)c1C. The minimum absolute atomic E-state index is 0.0958. The summed E-state index contributed by atoms with van der Waals surface area (Å²) in [5, 5.41) is 4.05. The van der Waals surface area contributed by atoms with Crippen LogP contribution in [0, 0.1) is 6.92 Å². The number of hydrogen-bond acceptors (Lipinski definition) is 5. The highest BCUT2D eigenvalue weighted by Crippen LogP contribution is 2.25. The summed E-state index contributed by atoms with van der Waals surface area (Å²) < 4.78 is 33.6. The minimum atomic E-state index is -3.72. The number of aromatic nitrogens is 2. The van der Waals surface area contributed by atoms with E-state index >= 15 is 0 Å². The lowest BCUT2D eigenvalue weighted by Gasteiger charge is -2.37. The third-order valence-electron chi connectivity index (χ3n) is 3.74. The molecule has 2 rings (SSSR count). The van der Waals surface area contributed by atoms with Gasteiger partial charge in [-0.05, 0) is 20.8 Å². The van der Waals surface area contributed by atoms with Crippen LogP contribution in [0.1, 0.15) is 19.5 Å². The van der Waals surface area contributed by atoms with Crippen LogP contribution in [0.25, 0.3) is 0 Å². The van der Waals surface area contributed by atoms with Gasteiger partial charge in [0.05, 0.1) is 25.0 Å². The third-order valence-corrected chi connectivity index (χ3v) is 5.68. The van der Waals surface area contributed by atoms with Crippen LogP contribution < -0.4 is 5.73 Å². The average Bonchev–Trinajstić information content (AvgIpc) is 2.80. The van der Waals surface area contributed by atoms with Crippen LogP contribution in [0.5, 0.6) is 0 Å². The van der Waals surface area contributed by atoms with Crippen LogP contribution in [-0.4, -0.2) is 53.7 Å². The monoisotopic (exact) mass is 316 g/mol. The van der Waals surface area contributed by atoms with Gasteiger partial charge in [0, 0.05) is 13.1 Å². The van der Waals surface area contributed by atoms with E-state index in [2.05, 4.69) is 5.10 Å². The largest absolute Gasteiger partial charge is 0.367 e. The van der Waals surface area contributed by atoms with Crippen LogP contribution in [-0.2, 0) is 26.1 Å². The second kappa shape index (κ2) is 5.39. The molecular formula is C12H20N4O4S. The van der Waals surface area contributed by atoms with Crippen molar-refractivity contribution in [1.82, 2.24) is 14.1 Å². The van der Waals surface area contributed by atoms with Crippen LogP contribution in [0.15, 0.2) is 11.1 Å². The molecule has 1 aliphatic rings. The van der Waals surface area contributed by atoms with Gasteiger partial charge in [-0.1, -0.05) is 0 Å². The van der Waals surface area contributed by atoms with Crippen molar-refractivity contribution in [1.29, 1.82) is 0 Å². The molecule has 1 aromatic heterocycles. The Morgan fingerprint density at radius 1 is 1.57 bits per heavy atom. The number of ether oxygens (including phenoxy) is 1. The summed E-state index contributed by atoms with van der Waals surface area (Å²) in [6, 6.07) is 0. The van der Waals surface area contributed by atoms with Gasteiger partial charge >= 0.3 is 0 Å². The molecule has 1 fully saturated rings. The summed E-state index contributed by atoms with van der Waals surface area (Å²) in [4.78, 5) is 11.6. The van der Waals surface area contributed by atoms with E-state index in [9.17, 15) is 13.2 Å². The second-order valence-electron chi connectivity index (χ2n) is 5.19. The molecule has 118 valence electrons. The predicted octanol–water partition coefficient (Wildman–Crippen LogP) is -0.524. The van der Waals surface area contributed by atoms with Gasteiger partial charge in [0.2, 0.25) is 10.0 Å². The highest BCUT2D eigenvalue weighted by atomic mass is 32.2. The van der Waals surface area contributed by atoms with Gasteiger partial charge < -0.3 is 10.5 Å². The van der Waals surface area contributed by atoms with Crippen molar-refractivity contribution < 1.29 is 17.9 Å². The van der Waals surface area contributed by atoms with Crippen molar-refractivity contribution in [3.05, 3.63) is 11.9 Å². The molecule has 0 saturated carbocycles. The molecule has 2 heterocycles. The number of amides is 1. The molecule has 0 radical (unpaired) electrons. The highest BCUT2D eigenvalue weighted by Gasteiger charge is 2.42. The maximum absolute atomic E-state index is 12.7. The Balaban J connectivity index is 2.35. The lowest BCUT2D eigenvalue weighted by Crippen LogP contribution is -2.58. The van der Waals surface area contributed by atoms with Gasteiger partial charge in [-0.2, -0.15) is 9.40 Å². The fourth-order valence-corrected chi connectivity index (χ4v) is 4.00. The van der Waals surface area contributed by atoms with Gasteiger partial charge in [-0.15, -0.1) is 0 Å². The first-order valence-electron chi connectivity index (χ1n) is 6.69. The zero-order chi connectivity index (χ0) is 15.8. The summed E-state index contributed by atoms with van der Waals surface area (Å²) >= 11 is 0. The lowest BCUT2D eigenvalue weighted by atomic mass is 10.1. The zero-order valence-corrected chi connectivity index (χ0v) is 13.2. The molecule has 8 nitrogen and oxygen atoms in total. The predicted molar refractivity (Wildman–Crippen MR) is 74.9 cm³/mol. The molecule has 0 aromatic carbocycles. The fraction of sp³-hybridized carbons (Fsp3) is 0.667. The van der Waals surface area contributed by atoms with Crippen molar-refractivity contribution in [3.8, 4) is 0 Å². The maximum Gasteiger partial charge on any atom is 0.250 e. The second-order valence-corrected chi connectivity index (χ2v) is 7.10. The zero-order valence-electron chi connectivity index (χ0n) is 12.4. The van der Waals surface area contributed by atoms with Crippen LogP contribution in [0.4, 0.5) is 0 Å². The van der Waals surface area contributed by atoms with E-state index in [1.54, 1.807) is 11.6 Å². The van der Waals surface area contributed by atoms with Crippen molar-refractivity contribution >= 4 is 15.9 Å². The Kier molecular flexibility index (Phi) is 4.09. The molecule has 0 aliphatic carbocycles. The molecule has 1 aliphatic heterocycles. The summed E-state index contributed by atoms with van der Waals surface area (Å²) in [6.07, 6.45) is 1.34. The molecular weight excluding hydrogens is 296 g/mol. The smallest absolute Gasteiger partial charge is 0.250 e. The summed E-state index contributed by atoms with van der Waals surface area (Å²) in [6.45, 7) is 5.89.